The molecule has 39 heavy (non-hydrogen) atoms. The molecule has 3 heterocycles. The van der Waals surface area contributed by atoms with Crippen LogP contribution in [0, 0.1) is 11.6 Å². The van der Waals surface area contributed by atoms with Gasteiger partial charge in [0.15, 0.2) is 11.6 Å². The number of hydrogen-bond donors (Lipinski definition) is 2. The van der Waals surface area contributed by atoms with E-state index >= 15 is 0 Å². The molecule has 0 atom stereocenters. The van der Waals surface area contributed by atoms with Crippen molar-refractivity contribution in [3.63, 3.8) is 0 Å². The lowest BCUT2D eigenvalue weighted by molar-refractivity contribution is 0.0949. The van der Waals surface area contributed by atoms with Gasteiger partial charge in [0.2, 0.25) is 0 Å². The molecule has 2 aromatic heterocycles. The SMILES string of the molecule is CCN1CCC(Nc2cnc3ccc(CNC(=O)c4cccn(Cc5ccc(F)c(F)c5)c4=O)cc3c2)CC1. The van der Waals surface area contributed by atoms with Crippen LogP contribution in [0.4, 0.5) is 14.5 Å². The minimum absolute atomic E-state index is 0.0168. The van der Waals surface area contributed by atoms with Crippen LogP contribution in [-0.2, 0) is 13.1 Å². The molecule has 0 aliphatic carbocycles. The Hall–Kier alpha value is -4.11. The number of carbonyl (C=O) groups is 1. The summed E-state index contributed by atoms with van der Waals surface area (Å²) in [7, 11) is 0. The molecule has 7 nitrogen and oxygen atoms in total. The first kappa shape index (κ1) is 26.5. The molecule has 5 rings (SSSR count). The molecule has 0 unspecified atom stereocenters. The lowest BCUT2D eigenvalue weighted by Gasteiger charge is -2.32. The number of carbonyl (C=O) groups excluding carboxylic acids is 1. The van der Waals surface area contributed by atoms with E-state index in [1.54, 1.807) is 6.07 Å². The van der Waals surface area contributed by atoms with E-state index in [1.807, 2.05) is 24.4 Å². The molecule has 202 valence electrons. The molecule has 9 heteroatoms. The quantitative estimate of drug-likeness (QED) is 0.349. The maximum atomic E-state index is 13.6. The number of benzene rings is 2. The Balaban J connectivity index is 1.24. The fourth-order valence-electron chi connectivity index (χ4n) is 4.95. The monoisotopic (exact) mass is 531 g/mol. The molecule has 1 fully saturated rings. The second-order valence-corrected chi connectivity index (χ2v) is 9.89. The number of halogens is 2. The van der Waals surface area contributed by atoms with Gasteiger partial charge in [-0.25, -0.2) is 8.78 Å². The van der Waals surface area contributed by atoms with Crippen LogP contribution in [0.5, 0.6) is 0 Å². The number of likely N-dealkylation sites (tertiary alicyclic amines) is 1. The van der Waals surface area contributed by atoms with Gasteiger partial charge in [-0.05, 0) is 73.0 Å². The van der Waals surface area contributed by atoms with Gasteiger partial charge < -0.3 is 20.1 Å². The van der Waals surface area contributed by atoms with E-state index in [9.17, 15) is 18.4 Å². The molecule has 0 spiro atoms. The number of rotatable bonds is 8. The van der Waals surface area contributed by atoms with E-state index in [0.29, 0.717) is 11.6 Å². The smallest absolute Gasteiger partial charge is 0.263 e. The van der Waals surface area contributed by atoms with E-state index < -0.39 is 23.1 Å². The van der Waals surface area contributed by atoms with E-state index in [2.05, 4.69) is 33.5 Å². The molecule has 1 saturated heterocycles. The Morgan fingerprint density at radius 2 is 1.82 bits per heavy atom. The minimum Gasteiger partial charge on any atom is -0.381 e. The lowest BCUT2D eigenvalue weighted by atomic mass is 10.0. The van der Waals surface area contributed by atoms with Crippen LogP contribution in [0.15, 0.2) is 71.8 Å². The van der Waals surface area contributed by atoms with Crippen molar-refractivity contribution in [1.29, 1.82) is 0 Å². The minimum atomic E-state index is -0.986. The third-order valence-corrected chi connectivity index (χ3v) is 7.21. The van der Waals surface area contributed by atoms with Crippen LogP contribution in [0.2, 0.25) is 0 Å². The summed E-state index contributed by atoms with van der Waals surface area (Å²) in [5, 5.41) is 7.39. The molecule has 0 bridgehead atoms. The summed E-state index contributed by atoms with van der Waals surface area (Å²) < 4.78 is 28.1. The first-order valence-corrected chi connectivity index (χ1v) is 13.2. The molecular weight excluding hydrogens is 500 g/mol. The van der Waals surface area contributed by atoms with Crippen molar-refractivity contribution in [3.8, 4) is 0 Å². The normalized spacial score (nSPS) is 14.4. The molecule has 4 aromatic rings. The summed E-state index contributed by atoms with van der Waals surface area (Å²) in [5.74, 6) is -2.45. The number of nitrogens with zero attached hydrogens (tertiary/aromatic N) is 3. The van der Waals surface area contributed by atoms with Crippen molar-refractivity contribution < 1.29 is 13.6 Å². The van der Waals surface area contributed by atoms with Gasteiger partial charge in [-0.3, -0.25) is 14.6 Å². The summed E-state index contributed by atoms with van der Waals surface area (Å²) in [4.78, 5) is 32.8. The molecule has 1 aliphatic rings. The predicted octanol–water partition coefficient (Wildman–Crippen LogP) is 4.55. The summed E-state index contributed by atoms with van der Waals surface area (Å²) in [6, 6.07) is 14.8. The maximum absolute atomic E-state index is 13.6. The van der Waals surface area contributed by atoms with Gasteiger partial charge in [0.25, 0.3) is 11.5 Å². The van der Waals surface area contributed by atoms with Crippen LogP contribution in [0.3, 0.4) is 0 Å². The highest BCUT2D eigenvalue weighted by Gasteiger charge is 2.18. The van der Waals surface area contributed by atoms with Crippen LogP contribution >= 0.6 is 0 Å². The fourth-order valence-corrected chi connectivity index (χ4v) is 4.95. The van der Waals surface area contributed by atoms with Gasteiger partial charge >= 0.3 is 0 Å². The Morgan fingerprint density at radius 3 is 2.59 bits per heavy atom. The molecule has 2 N–H and O–H groups in total. The second-order valence-electron chi connectivity index (χ2n) is 9.89. The number of fused-ring (bicyclic) bond motifs is 1. The topological polar surface area (TPSA) is 79.3 Å². The lowest BCUT2D eigenvalue weighted by Crippen LogP contribution is -2.38. The number of pyridine rings is 2. The molecule has 1 amide bonds. The third kappa shape index (κ3) is 6.31. The standard InChI is InChI=1S/C30H31F2N5O2/c1-2-36-12-9-23(10-13-36)35-24-16-22-14-20(6-8-28(22)33-18-24)17-34-29(38)25-4-3-11-37(30(25)39)19-21-5-7-26(31)27(32)15-21/h3-8,11,14-16,18,23,35H,2,9-10,12-13,17,19H2,1H3,(H,34,38). The maximum Gasteiger partial charge on any atom is 0.263 e. The summed E-state index contributed by atoms with van der Waals surface area (Å²) in [6.07, 6.45) is 5.56. The molecule has 0 radical (unpaired) electrons. The molecule has 1 aliphatic heterocycles. The number of amides is 1. The van der Waals surface area contributed by atoms with Crippen molar-refractivity contribution in [2.75, 3.05) is 25.0 Å². The highest BCUT2D eigenvalue weighted by Crippen LogP contribution is 2.21. The number of anilines is 1. The van der Waals surface area contributed by atoms with Crippen molar-refractivity contribution in [2.45, 2.75) is 38.9 Å². The summed E-state index contributed by atoms with van der Waals surface area (Å²) >= 11 is 0. The molecule has 0 saturated carbocycles. The van der Waals surface area contributed by atoms with Gasteiger partial charge in [0, 0.05) is 37.3 Å². The average Bonchev–Trinajstić information content (AvgIpc) is 2.95. The number of nitrogens with one attached hydrogen (secondary N) is 2. The number of aromatic nitrogens is 2. The second kappa shape index (κ2) is 11.7. The summed E-state index contributed by atoms with van der Waals surface area (Å²) in [6.45, 7) is 5.71. The molecular formula is C30H31F2N5O2. The highest BCUT2D eigenvalue weighted by atomic mass is 19.2. The van der Waals surface area contributed by atoms with E-state index in [-0.39, 0.29) is 18.7 Å². The van der Waals surface area contributed by atoms with Gasteiger partial charge in [0.05, 0.1) is 23.9 Å². The first-order chi connectivity index (χ1) is 18.9. The number of hydrogen-bond acceptors (Lipinski definition) is 5. The van der Waals surface area contributed by atoms with E-state index in [1.165, 1.54) is 22.9 Å². The van der Waals surface area contributed by atoms with E-state index in [4.69, 9.17) is 0 Å². The van der Waals surface area contributed by atoms with Gasteiger partial charge in [-0.15, -0.1) is 0 Å². The van der Waals surface area contributed by atoms with Crippen molar-refractivity contribution >= 4 is 22.5 Å². The van der Waals surface area contributed by atoms with Crippen molar-refractivity contribution in [3.05, 3.63) is 106 Å². The molecule has 2 aromatic carbocycles. The Kier molecular flexibility index (Phi) is 7.97. The summed E-state index contributed by atoms with van der Waals surface area (Å²) in [5.41, 5.74) is 2.60. The highest BCUT2D eigenvalue weighted by molar-refractivity contribution is 5.93. The van der Waals surface area contributed by atoms with Crippen molar-refractivity contribution in [2.24, 2.45) is 0 Å². The zero-order chi connectivity index (χ0) is 27.4. The zero-order valence-corrected chi connectivity index (χ0v) is 21.8. The van der Waals surface area contributed by atoms with Crippen LogP contribution in [-0.4, -0.2) is 46.0 Å². The Bertz CT molecular complexity index is 1550. The third-order valence-electron chi connectivity index (χ3n) is 7.21. The Morgan fingerprint density at radius 1 is 1.03 bits per heavy atom. The van der Waals surface area contributed by atoms with Crippen molar-refractivity contribution in [1.82, 2.24) is 19.8 Å². The van der Waals surface area contributed by atoms with Crippen LogP contribution < -0.4 is 16.2 Å². The predicted molar refractivity (Wildman–Crippen MR) is 148 cm³/mol. The first-order valence-electron chi connectivity index (χ1n) is 13.2. The Labute approximate surface area is 225 Å². The van der Waals surface area contributed by atoms with Gasteiger partial charge in [-0.1, -0.05) is 19.1 Å². The van der Waals surface area contributed by atoms with E-state index in [0.717, 1.165) is 66.8 Å². The average molecular weight is 532 g/mol. The van der Waals surface area contributed by atoms with Gasteiger partial charge in [-0.2, -0.15) is 0 Å². The fraction of sp³-hybridized carbons (Fsp3) is 0.300. The van der Waals surface area contributed by atoms with Gasteiger partial charge in [0.1, 0.15) is 5.56 Å². The van der Waals surface area contributed by atoms with Crippen LogP contribution in [0.25, 0.3) is 10.9 Å². The largest absolute Gasteiger partial charge is 0.381 e. The zero-order valence-electron chi connectivity index (χ0n) is 21.8. The number of piperidine rings is 1. The van der Waals surface area contributed by atoms with Crippen LogP contribution in [0.1, 0.15) is 41.3 Å².